The molecule has 0 heterocycles. The molecule has 1 aromatic rings. The molecule has 8 nitrogen and oxygen atoms in total. The highest BCUT2D eigenvalue weighted by atomic mass is 16.6. The van der Waals surface area contributed by atoms with Crippen molar-refractivity contribution in [1.82, 2.24) is 10.2 Å². The Morgan fingerprint density at radius 3 is 2.24 bits per heavy atom. The summed E-state index contributed by atoms with van der Waals surface area (Å²) in [6.45, 7) is 9.00. The molecule has 0 spiro atoms. The molecule has 0 aliphatic rings. The second-order valence-corrected chi connectivity index (χ2v) is 8.24. The summed E-state index contributed by atoms with van der Waals surface area (Å²) < 4.78 is 10.5. The largest absolute Gasteiger partial charge is 0.459 e. The fraction of sp³-hybridized carbons (Fsp3) is 0.571. The van der Waals surface area contributed by atoms with E-state index in [2.05, 4.69) is 5.32 Å². The summed E-state index contributed by atoms with van der Waals surface area (Å²) in [7, 11) is 1.52. The summed E-state index contributed by atoms with van der Waals surface area (Å²) in [6, 6.07) is 9.15. The number of carbonyl (C=O) groups is 3. The minimum absolute atomic E-state index is 0.0303. The second kappa shape index (κ2) is 10.2. The minimum atomic E-state index is -1.82. The number of nitrogens with one attached hydrogen (secondary N) is 1. The first-order valence-electron chi connectivity index (χ1n) is 9.60. The molecule has 0 aliphatic heterocycles. The lowest BCUT2D eigenvalue weighted by Crippen LogP contribution is -2.64. The number of hydrogen-bond acceptors (Lipinski definition) is 6. The van der Waals surface area contributed by atoms with Gasteiger partial charge in [0, 0.05) is 20.1 Å². The van der Waals surface area contributed by atoms with Crippen LogP contribution in [0.25, 0.3) is 0 Å². The van der Waals surface area contributed by atoms with Gasteiger partial charge in [-0.1, -0.05) is 44.2 Å². The molecule has 0 aromatic heterocycles. The fourth-order valence-electron chi connectivity index (χ4n) is 2.47. The minimum Gasteiger partial charge on any atom is -0.459 e. The van der Waals surface area contributed by atoms with E-state index in [0.717, 1.165) is 5.56 Å². The van der Waals surface area contributed by atoms with Gasteiger partial charge in [0.1, 0.15) is 12.2 Å². The van der Waals surface area contributed by atoms with Crippen LogP contribution in [0.2, 0.25) is 0 Å². The van der Waals surface area contributed by atoms with Gasteiger partial charge in [-0.2, -0.15) is 0 Å². The van der Waals surface area contributed by atoms with Gasteiger partial charge in [0.2, 0.25) is 0 Å². The Balaban J connectivity index is 2.68. The zero-order valence-electron chi connectivity index (χ0n) is 18.2. The summed E-state index contributed by atoms with van der Waals surface area (Å²) in [6.07, 6.45) is -0.580. The number of carbonyl (C=O) groups excluding carboxylic acids is 3. The first-order chi connectivity index (χ1) is 13.4. The molecule has 0 fully saturated rings. The van der Waals surface area contributed by atoms with E-state index in [1.807, 2.05) is 30.3 Å². The predicted molar refractivity (Wildman–Crippen MR) is 110 cm³/mol. The third-order valence-electron chi connectivity index (χ3n) is 4.28. The van der Waals surface area contributed by atoms with Crippen molar-refractivity contribution in [3.8, 4) is 0 Å². The topological polar surface area (TPSA) is 111 Å². The maximum Gasteiger partial charge on any atom is 0.407 e. The molecule has 2 amide bonds. The standard InChI is InChI=1S/C21H33N3O5/c1-15(2)21(22,18(26)28-14-16-10-8-7-9-11-16)17(25)24(6)13-12-23-19(27)29-20(3,4)5/h7-11,15H,12-14,22H2,1-6H3,(H,23,27)/t21-/m0/s1. The second-order valence-electron chi connectivity index (χ2n) is 8.24. The lowest BCUT2D eigenvalue weighted by Gasteiger charge is -2.33. The lowest BCUT2D eigenvalue weighted by molar-refractivity contribution is -0.161. The van der Waals surface area contributed by atoms with Crippen molar-refractivity contribution in [1.29, 1.82) is 0 Å². The van der Waals surface area contributed by atoms with Crippen LogP contribution in [0, 0.1) is 5.92 Å². The summed E-state index contributed by atoms with van der Waals surface area (Å²) in [5.74, 6) is -1.84. The van der Waals surface area contributed by atoms with E-state index in [9.17, 15) is 14.4 Å². The van der Waals surface area contributed by atoms with Gasteiger partial charge >= 0.3 is 12.1 Å². The van der Waals surface area contributed by atoms with Crippen LogP contribution in [0.1, 0.15) is 40.2 Å². The summed E-state index contributed by atoms with van der Waals surface area (Å²) >= 11 is 0. The summed E-state index contributed by atoms with van der Waals surface area (Å²) in [5.41, 5.74) is 4.59. The van der Waals surface area contributed by atoms with Crippen molar-refractivity contribution in [2.24, 2.45) is 11.7 Å². The van der Waals surface area contributed by atoms with Crippen molar-refractivity contribution in [2.75, 3.05) is 20.1 Å². The Bertz CT molecular complexity index is 700. The molecule has 0 radical (unpaired) electrons. The average Bonchev–Trinajstić information content (AvgIpc) is 2.63. The molecule has 0 saturated carbocycles. The number of esters is 1. The highest BCUT2D eigenvalue weighted by Crippen LogP contribution is 2.20. The smallest absolute Gasteiger partial charge is 0.407 e. The van der Waals surface area contributed by atoms with E-state index in [1.165, 1.54) is 11.9 Å². The number of nitrogens with zero attached hydrogens (tertiary/aromatic N) is 1. The van der Waals surface area contributed by atoms with E-state index in [4.69, 9.17) is 15.2 Å². The molecule has 1 rings (SSSR count). The van der Waals surface area contributed by atoms with Crippen molar-refractivity contribution < 1.29 is 23.9 Å². The third-order valence-corrected chi connectivity index (χ3v) is 4.28. The van der Waals surface area contributed by atoms with Crippen molar-refractivity contribution >= 4 is 18.0 Å². The van der Waals surface area contributed by atoms with Crippen LogP contribution >= 0.6 is 0 Å². The van der Waals surface area contributed by atoms with Crippen LogP contribution < -0.4 is 11.1 Å². The Morgan fingerprint density at radius 1 is 1.14 bits per heavy atom. The molecule has 0 unspecified atom stereocenters. The number of hydrogen-bond donors (Lipinski definition) is 2. The molecular weight excluding hydrogens is 374 g/mol. The number of alkyl carbamates (subject to hydrolysis) is 1. The zero-order chi connectivity index (χ0) is 22.2. The van der Waals surface area contributed by atoms with Crippen LogP contribution in [0.4, 0.5) is 4.79 Å². The van der Waals surface area contributed by atoms with Gasteiger partial charge in [0.15, 0.2) is 5.54 Å². The maximum atomic E-state index is 12.9. The van der Waals surface area contributed by atoms with Crippen molar-refractivity contribution in [3.05, 3.63) is 35.9 Å². The fourth-order valence-corrected chi connectivity index (χ4v) is 2.47. The van der Waals surface area contributed by atoms with E-state index in [-0.39, 0.29) is 19.7 Å². The molecule has 3 N–H and O–H groups in total. The lowest BCUT2D eigenvalue weighted by atomic mass is 9.86. The summed E-state index contributed by atoms with van der Waals surface area (Å²) in [5, 5.41) is 2.57. The van der Waals surface area contributed by atoms with Crippen LogP contribution in [0.5, 0.6) is 0 Å². The Kier molecular flexibility index (Phi) is 8.63. The first kappa shape index (κ1) is 24.4. The molecule has 0 bridgehead atoms. The van der Waals surface area contributed by atoms with Crippen LogP contribution in [0.3, 0.4) is 0 Å². The van der Waals surface area contributed by atoms with Crippen LogP contribution in [-0.4, -0.2) is 54.1 Å². The maximum absolute atomic E-state index is 12.9. The normalized spacial score (nSPS) is 13.4. The SMILES string of the molecule is CC(C)[C@@](N)(C(=O)OCc1ccccc1)C(=O)N(C)CCNC(=O)OC(C)(C)C. The number of likely N-dealkylation sites (N-methyl/N-ethyl adjacent to an activating group) is 1. The summed E-state index contributed by atoms with van der Waals surface area (Å²) in [4.78, 5) is 38.6. The molecule has 1 aromatic carbocycles. The highest BCUT2D eigenvalue weighted by molar-refractivity contribution is 6.07. The van der Waals surface area contributed by atoms with E-state index >= 15 is 0 Å². The number of benzene rings is 1. The number of rotatable bonds is 8. The Morgan fingerprint density at radius 2 is 1.72 bits per heavy atom. The average molecular weight is 408 g/mol. The van der Waals surface area contributed by atoms with Gasteiger partial charge in [0.25, 0.3) is 5.91 Å². The number of ether oxygens (including phenoxy) is 2. The molecule has 1 atom stereocenters. The Hall–Kier alpha value is -2.61. The third kappa shape index (κ3) is 7.38. The molecule has 0 saturated heterocycles. The molecule has 0 aliphatic carbocycles. The van der Waals surface area contributed by atoms with E-state index in [1.54, 1.807) is 34.6 Å². The first-order valence-corrected chi connectivity index (χ1v) is 9.60. The number of nitrogens with two attached hydrogens (primary N) is 1. The van der Waals surface area contributed by atoms with Crippen molar-refractivity contribution in [3.63, 3.8) is 0 Å². The van der Waals surface area contributed by atoms with Gasteiger partial charge in [0.05, 0.1) is 0 Å². The molecule has 29 heavy (non-hydrogen) atoms. The van der Waals surface area contributed by atoms with Gasteiger partial charge in [-0.3, -0.25) is 4.79 Å². The number of amides is 2. The van der Waals surface area contributed by atoms with Crippen LogP contribution in [-0.2, 0) is 25.7 Å². The van der Waals surface area contributed by atoms with Crippen molar-refractivity contribution in [2.45, 2.75) is 52.4 Å². The van der Waals surface area contributed by atoms with E-state index in [0.29, 0.717) is 0 Å². The van der Waals surface area contributed by atoms with Gasteiger partial charge < -0.3 is 25.4 Å². The highest BCUT2D eigenvalue weighted by Gasteiger charge is 2.48. The monoisotopic (exact) mass is 407 g/mol. The van der Waals surface area contributed by atoms with Crippen LogP contribution in [0.15, 0.2) is 30.3 Å². The predicted octanol–water partition coefficient (Wildman–Crippen LogP) is 2.07. The quantitative estimate of drug-likeness (QED) is 0.504. The Labute approximate surface area is 172 Å². The van der Waals surface area contributed by atoms with Gasteiger partial charge in [-0.15, -0.1) is 0 Å². The van der Waals surface area contributed by atoms with Gasteiger partial charge in [-0.25, -0.2) is 9.59 Å². The van der Waals surface area contributed by atoms with E-state index < -0.39 is 35.0 Å². The van der Waals surface area contributed by atoms with Gasteiger partial charge in [-0.05, 0) is 32.3 Å². The zero-order valence-corrected chi connectivity index (χ0v) is 18.2. The molecule has 162 valence electrons. The molecular formula is C21H33N3O5. The molecule has 8 heteroatoms.